The molecule has 4 N–H and O–H groups in total. The van der Waals surface area contributed by atoms with Gasteiger partial charge in [-0.25, -0.2) is 0 Å². The number of hydrogen-bond acceptors (Lipinski definition) is 7. The molecule has 10 heteroatoms. The second-order valence-electron chi connectivity index (χ2n) is 26.8. The summed E-state index contributed by atoms with van der Waals surface area (Å²) in [5.74, 6) is -0.420. The Kier molecular flexibility index (Phi) is 17.3. The Morgan fingerprint density at radius 3 is 1.05 bits per heavy atom. The Hall–Kier alpha value is -11.9. The summed E-state index contributed by atoms with van der Waals surface area (Å²) in [6.45, 7) is 0. The molecule has 2 atom stereocenters. The summed E-state index contributed by atoms with van der Waals surface area (Å²) in [7, 11) is 0. The van der Waals surface area contributed by atoms with Gasteiger partial charge >= 0.3 is 0 Å². The SMILES string of the molecule is Brc1ccc2c(-c3ccc4ccccc4c3)c3ccccc3c(-c3ccc4ccccc4c3)c2c1.Nc1ccc2c(c1)C(=O)c1ccccc1C2=O.O=C1c2ccccc2C(=O)c2cc(Br)ccc21.OC1(c2ccc3ccccc3c2)c2ccccc2C(O)(c2ccc3ccccc3c2)c2cc(Br)ccc21. The topological polar surface area (TPSA) is 135 Å². The molecule has 0 bridgehead atoms. The minimum Gasteiger partial charge on any atom is -0.399 e. The highest BCUT2D eigenvalue weighted by Gasteiger charge is 2.51. The van der Waals surface area contributed by atoms with Crippen LogP contribution in [0.4, 0.5) is 5.69 Å². The molecule has 0 aliphatic heterocycles. The van der Waals surface area contributed by atoms with Gasteiger partial charge in [-0.2, -0.15) is 0 Å². The Morgan fingerprint density at radius 1 is 0.236 bits per heavy atom. The van der Waals surface area contributed by atoms with E-state index in [2.05, 4.69) is 212 Å². The molecule has 0 amide bonds. The first kappa shape index (κ1) is 67.3. The van der Waals surface area contributed by atoms with Crippen molar-refractivity contribution in [3.63, 3.8) is 0 Å². The number of halogens is 3. The molecule has 0 aromatic heterocycles. The molecule has 0 radical (unpaired) electrons. The normalized spacial score (nSPS) is 15.2. The Balaban J connectivity index is 0.000000110. The molecule has 3 aliphatic carbocycles. The first-order valence-electron chi connectivity index (χ1n) is 34.6. The van der Waals surface area contributed by atoms with Gasteiger partial charge in [0.25, 0.3) is 0 Å². The third-order valence-electron chi connectivity index (χ3n) is 20.7. The molecule has 17 aromatic rings. The van der Waals surface area contributed by atoms with Crippen LogP contribution in [-0.4, -0.2) is 33.3 Å². The van der Waals surface area contributed by atoms with Gasteiger partial charge in [0.15, 0.2) is 23.1 Å². The van der Waals surface area contributed by atoms with E-state index < -0.39 is 11.2 Å². The monoisotopic (exact) mass is 1560 g/mol. The Labute approximate surface area is 635 Å². The molecular formula is C96H60Br3NO6. The van der Waals surface area contributed by atoms with E-state index in [-0.39, 0.29) is 23.1 Å². The fourth-order valence-electron chi connectivity index (χ4n) is 15.6. The maximum absolute atomic E-state index is 12.7. The van der Waals surface area contributed by atoms with Gasteiger partial charge in [-0.15, -0.1) is 0 Å². The van der Waals surface area contributed by atoms with Crippen molar-refractivity contribution >= 4 is 141 Å². The van der Waals surface area contributed by atoms with E-state index in [9.17, 15) is 29.4 Å². The minimum absolute atomic E-state index is 0.0808. The second kappa shape index (κ2) is 27.3. The molecule has 0 heterocycles. The summed E-state index contributed by atoms with van der Waals surface area (Å²) in [6, 6.07) is 112. The third kappa shape index (κ3) is 11.7. The molecular weight excluding hydrogens is 1500 g/mol. The van der Waals surface area contributed by atoms with Crippen molar-refractivity contribution in [1.29, 1.82) is 0 Å². The van der Waals surface area contributed by atoms with Crippen LogP contribution in [0.15, 0.2) is 353 Å². The molecule has 7 nitrogen and oxygen atoms in total. The van der Waals surface area contributed by atoms with Crippen LogP contribution >= 0.6 is 47.8 Å². The van der Waals surface area contributed by atoms with Gasteiger partial charge in [0, 0.05) is 69.2 Å². The largest absolute Gasteiger partial charge is 0.399 e. The lowest BCUT2D eigenvalue weighted by Crippen LogP contribution is -2.44. The van der Waals surface area contributed by atoms with Crippen LogP contribution < -0.4 is 5.73 Å². The van der Waals surface area contributed by atoms with E-state index in [1.165, 1.54) is 65.3 Å². The van der Waals surface area contributed by atoms with Crippen LogP contribution in [0.1, 0.15) is 97.1 Å². The number of anilines is 1. The van der Waals surface area contributed by atoms with Gasteiger partial charge in [0.05, 0.1) is 0 Å². The van der Waals surface area contributed by atoms with Gasteiger partial charge < -0.3 is 15.9 Å². The van der Waals surface area contributed by atoms with Gasteiger partial charge in [-0.05, 0) is 200 Å². The van der Waals surface area contributed by atoms with Crippen LogP contribution in [0.3, 0.4) is 0 Å². The number of carbonyl (C=O) groups is 4. The van der Waals surface area contributed by atoms with Gasteiger partial charge in [0.1, 0.15) is 11.2 Å². The zero-order valence-electron chi connectivity index (χ0n) is 56.6. The van der Waals surface area contributed by atoms with Crippen LogP contribution in [-0.2, 0) is 11.2 Å². The molecule has 17 aromatic carbocycles. The lowest BCUT2D eigenvalue weighted by Gasteiger charge is -2.45. The van der Waals surface area contributed by atoms with Crippen molar-refractivity contribution in [2.45, 2.75) is 11.2 Å². The number of nitrogen functional groups attached to an aromatic ring is 1. The quantitative estimate of drug-likeness (QED) is 0.118. The maximum atomic E-state index is 12.7. The fourth-order valence-corrected chi connectivity index (χ4v) is 16.7. The van der Waals surface area contributed by atoms with Gasteiger partial charge in [0.2, 0.25) is 0 Å². The first-order valence-corrected chi connectivity index (χ1v) is 37.0. The Morgan fingerprint density at radius 2 is 0.557 bits per heavy atom. The van der Waals surface area contributed by atoms with E-state index in [0.717, 1.165) is 46.1 Å². The minimum atomic E-state index is -1.46. The second-order valence-corrected chi connectivity index (χ2v) is 29.5. The highest BCUT2D eigenvalue weighted by atomic mass is 79.9. The molecule has 0 spiro atoms. The smallest absolute Gasteiger partial charge is 0.194 e. The molecule has 20 rings (SSSR count). The predicted octanol–water partition coefficient (Wildman–Crippen LogP) is 23.3. The number of carbonyl (C=O) groups excluding carboxylic acids is 4. The lowest BCUT2D eigenvalue weighted by atomic mass is 9.63. The predicted molar refractivity (Wildman–Crippen MR) is 439 cm³/mol. The van der Waals surface area contributed by atoms with Crippen molar-refractivity contribution < 1.29 is 29.4 Å². The molecule has 0 fully saturated rings. The summed E-state index contributed by atoms with van der Waals surface area (Å²) in [5, 5.41) is 39.9. The third-order valence-corrected chi connectivity index (χ3v) is 22.2. The van der Waals surface area contributed by atoms with Crippen LogP contribution in [0.2, 0.25) is 0 Å². The summed E-state index contributed by atoms with van der Waals surface area (Å²) >= 11 is 10.7. The number of aliphatic hydroxyl groups is 2. The fraction of sp³-hybridized carbons (Fsp3) is 0.0208. The molecule has 2 unspecified atom stereocenters. The molecule has 3 aliphatic rings. The summed E-state index contributed by atoms with van der Waals surface area (Å²) in [4.78, 5) is 48.8. The summed E-state index contributed by atoms with van der Waals surface area (Å²) in [6.07, 6.45) is 0. The number of hydrogen-bond donors (Lipinski definition) is 3. The lowest BCUT2D eigenvalue weighted by molar-refractivity contribution is 0.0748. The number of benzene rings is 17. The van der Waals surface area contributed by atoms with Gasteiger partial charge in [-0.1, -0.05) is 303 Å². The van der Waals surface area contributed by atoms with E-state index in [1.54, 1.807) is 84.9 Å². The number of ketones is 4. The van der Waals surface area contributed by atoms with E-state index >= 15 is 0 Å². The maximum Gasteiger partial charge on any atom is 0.194 e. The van der Waals surface area contributed by atoms with Crippen molar-refractivity contribution in [3.8, 4) is 22.3 Å². The average Bonchev–Trinajstić information content (AvgIpc) is 0.692. The van der Waals surface area contributed by atoms with Crippen LogP contribution in [0, 0.1) is 0 Å². The highest BCUT2D eigenvalue weighted by Crippen LogP contribution is 2.55. The zero-order valence-corrected chi connectivity index (χ0v) is 61.3. The summed E-state index contributed by atoms with van der Waals surface area (Å²) < 4.78 is 2.73. The molecule has 0 saturated heterocycles. The van der Waals surface area contributed by atoms with Crippen molar-refractivity contribution in [3.05, 3.63) is 431 Å². The molecule has 506 valence electrons. The number of fused-ring (bicyclic) bond motifs is 12. The Bertz CT molecular complexity index is 6440. The molecule has 106 heavy (non-hydrogen) atoms. The van der Waals surface area contributed by atoms with E-state index in [0.29, 0.717) is 72.4 Å². The summed E-state index contributed by atoms with van der Waals surface area (Å²) in [5.41, 5.74) is 16.2. The van der Waals surface area contributed by atoms with E-state index in [1.807, 2.05) is 91.0 Å². The van der Waals surface area contributed by atoms with Crippen molar-refractivity contribution in [2.24, 2.45) is 0 Å². The van der Waals surface area contributed by atoms with E-state index in [4.69, 9.17) is 5.73 Å². The standard InChI is InChI=1S/C34H23BrO2.C34H21Br.C14H7BrO2.C14H9NO2/c35-28-17-18-31-32(21-28)34(37,27-16-14-23-8-2-4-10-25(23)20-27)30-12-6-5-11-29(30)33(31,36)26-15-13-22-7-1-3-9-24(22)19-26;35-28-17-18-31-32(21-28)34(27-16-14-23-8-2-4-10-25(23)20-27)30-12-6-5-11-29(30)33(31)26-15-13-22-7-1-3-9-24(22)19-26;2*15-8-5-6-11-12(7-8)14(17)10-4-2-1-3-9(10)13(11)16/h1-21,36-37H;1-21H;1-7H;1-7H,15H2. The first-order chi connectivity index (χ1) is 51.6. The van der Waals surface area contributed by atoms with Crippen molar-refractivity contribution in [2.75, 3.05) is 5.73 Å². The van der Waals surface area contributed by atoms with Gasteiger partial charge in [-0.3, -0.25) is 19.2 Å². The van der Waals surface area contributed by atoms with Crippen LogP contribution in [0.5, 0.6) is 0 Å². The number of rotatable bonds is 4. The van der Waals surface area contributed by atoms with Crippen molar-refractivity contribution in [1.82, 2.24) is 0 Å². The highest BCUT2D eigenvalue weighted by molar-refractivity contribution is 9.11. The average molecular weight is 1560 g/mol. The zero-order chi connectivity index (χ0) is 72.5. The number of nitrogens with two attached hydrogens (primary N) is 1. The molecule has 0 saturated carbocycles. The van der Waals surface area contributed by atoms with Crippen LogP contribution in [0.25, 0.3) is 86.9 Å².